The van der Waals surface area contributed by atoms with E-state index in [9.17, 15) is 0 Å². The van der Waals surface area contributed by atoms with Gasteiger partial charge in [-0.3, -0.25) is 0 Å². The van der Waals surface area contributed by atoms with Gasteiger partial charge in [-0.05, 0) is 24.6 Å². The molecule has 0 spiro atoms. The summed E-state index contributed by atoms with van der Waals surface area (Å²) in [5.41, 5.74) is 1.06. The maximum atomic E-state index is 5.21. The van der Waals surface area contributed by atoms with E-state index in [2.05, 4.69) is 15.3 Å². The summed E-state index contributed by atoms with van der Waals surface area (Å²) in [5, 5.41) is 3.13. The standard InChI is InChI=1S/C11H13N3O/c1-9-7-13-11(14-8-9)12-5-4-10-3-2-6-15-10/h2-3,6-8H,4-5H2,1H3,(H,12,13,14). The molecule has 0 unspecified atom stereocenters. The molecule has 0 saturated carbocycles. The Hall–Kier alpha value is -1.84. The number of anilines is 1. The Morgan fingerprint density at radius 3 is 2.80 bits per heavy atom. The van der Waals surface area contributed by atoms with Gasteiger partial charge in [0.2, 0.25) is 5.95 Å². The van der Waals surface area contributed by atoms with Crippen LogP contribution in [0.5, 0.6) is 0 Å². The summed E-state index contributed by atoms with van der Waals surface area (Å²) in [4.78, 5) is 8.29. The number of nitrogens with zero attached hydrogens (tertiary/aromatic N) is 2. The van der Waals surface area contributed by atoms with Gasteiger partial charge in [-0.2, -0.15) is 0 Å². The van der Waals surface area contributed by atoms with Gasteiger partial charge in [-0.1, -0.05) is 0 Å². The van der Waals surface area contributed by atoms with Crippen LogP contribution in [0.4, 0.5) is 5.95 Å². The molecular formula is C11H13N3O. The third-order valence-corrected chi connectivity index (χ3v) is 2.02. The zero-order valence-corrected chi connectivity index (χ0v) is 8.60. The fraction of sp³-hybridized carbons (Fsp3) is 0.273. The molecule has 2 aromatic rings. The van der Waals surface area contributed by atoms with Crippen LogP contribution in [0.2, 0.25) is 0 Å². The maximum absolute atomic E-state index is 5.21. The van der Waals surface area contributed by atoms with Gasteiger partial charge in [0.05, 0.1) is 6.26 Å². The van der Waals surface area contributed by atoms with Crippen LogP contribution in [-0.2, 0) is 6.42 Å². The maximum Gasteiger partial charge on any atom is 0.222 e. The largest absolute Gasteiger partial charge is 0.469 e. The zero-order chi connectivity index (χ0) is 10.5. The van der Waals surface area contributed by atoms with Crippen molar-refractivity contribution in [2.24, 2.45) is 0 Å². The molecule has 0 saturated heterocycles. The predicted octanol–water partition coefficient (Wildman–Crippen LogP) is 2.03. The Balaban J connectivity index is 1.81. The van der Waals surface area contributed by atoms with Gasteiger partial charge in [0.1, 0.15) is 5.76 Å². The predicted molar refractivity (Wildman–Crippen MR) is 57.7 cm³/mol. The molecule has 0 aromatic carbocycles. The van der Waals surface area contributed by atoms with Crippen LogP contribution in [-0.4, -0.2) is 16.5 Å². The highest BCUT2D eigenvalue weighted by Gasteiger charge is 1.97. The molecule has 1 N–H and O–H groups in total. The van der Waals surface area contributed by atoms with Crippen molar-refractivity contribution in [3.63, 3.8) is 0 Å². The van der Waals surface area contributed by atoms with Crippen molar-refractivity contribution in [2.45, 2.75) is 13.3 Å². The van der Waals surface area contributed by atoms with Crippen LogP contribution < -0.4 is 5.32 Å². The van der Waals surface area contributed by atoms with Crippen LogP contribution >= 0.6 is 0 Å². The van der Waals surface area contributed by atoms with Crippen LogP contribution in [0.15, 0.2) is 35.2 Å². The lowest BCUT2D eigenvalue weighted by Gasteiger charge is -2.02. The van der Waals surface area contributed by atoms with E-state index in [1.54, 1.807) is 18.7 Å². The van der Waals surface area contributed by atoms with Gasteiger partial charge in [0.15, 0.2) is 0 Å². The van der Waals surface area contributed by atoms with E-state index in [1.165, 1.54) is 0 Å². The average Bonchev–Trinajstić information content (AvgIpc) is 2.74. The normalized spacial score (nSPS) is 10.2. The van der Waals surface area contributed by atoms with E-state index in [1.807, 2.05) is 19.1 Å². The molecule has 0 amide bonds. The number of rotatable bonds is 4. The molecule has 0 bridgehead atoms. The summed E-state index contributed by atoms with van der Waals surface area (Å²) in [7, 11) is 0. The molecule has 0 aliphatic rings. The Morgan fingerprint density at radius 2 is 2.13 bits per heavy atom. The van der Waals surface area contributed by atoms with Crippen LogP contribution in [0.25, 0.3) is 0 Å². The third kappa shape index (κ3) is 2.80. The third-order valence-electron chi connectivity index (χ3n) is 2.02. The Kier molecular flexibility index (Phi) is 2.97. The smallest absolute Gasteiger partial charge is 0.222 e. The minimum absolute atomic E-state index is 0.659. The molecule has 4 heteroatoms. The lowest BCUT2D eigenvalue weighted by molar-refractivity contribution is 0.512. The highest BCUT2D eigenvalue weighted by atomic mass is 16.3. The summed E-state index contributed by atoms with van der Waals surface area (Å²) >= 11 is 0. The van der Waals surface area contributed by atoms with Gasteiger partial charge in [-0.25, -0.2) is 9.97 Å². The van der Waals surface area contributed by atoms with E-state index in [4.69, 9.17) is 4.42 Å². The molecule has 2 heterocycles. The Bertz CT molecular complexity index is 394. The molecule has 0 aliphatic carbocycles. The van der Waals surface area contributed by atoms with Crippen molar-refractivity contribution in [1.29, 1.82) is 0 Å². The van der Waals surface area contributed by atoms with Crippen molar-refractivity contribution in [1.82, 2.24) is 9.97 Å². The van der Waals surface area contributed by atoms with E-state index in [0.29, 0.717) is 5.95 Å². The van der Waals surface area contributed by atoms with Gasteiger partial charge in [0.25, 0.3) is 0 Å². The van der Waals surface area contributed by atoms with E-state index < -0.39 is 0 Å². The van der Waals surface area contributed by atoms with Crippen LogP contribution in [0.3, 0.4) is 0 Å². The molecule has 0 atom stereocenters. The monoisotopic (exact) mass is 203 g/mol. The number of aryl methyl sites for hydroxylation is 1. The molecule has 2 rings (SSSR count). The van der Waals surface area contributed by atoms with Crippen molar-refractivity contribution in [3.8, 4) is 0 Å². The van der Waals surface area contributed by atoms with E-state index in [-0.39, 0.29) is 0 Å². The first-order valence-electron chi connectivity index (χ1n) is 4.89. The second kappa shape index (κ2) is 4.59. The summed E-state index contributed by atoms with van der Waals surface area (Å²) < 4.78 is 5.21. The number of aromatic nitrogens is 2. The van der Waals surface area contributed by atoms with Crippen LogP contribution in [0, 0.1) is 6.92 Å². The van der Waals surface area contributed by atoms with Crippen molar-refractivity contribution in [2.75, 3.05) is 11.9 Å². The molecule has 0 radical (unpaired) electrons. The van der Waals surface area contributed by atoms with Crippen molar-refractivity contribution in [3.05, 3.63) is 42.1 Å². The van der Waals surface area contributed by atoms with Gasteiger partial charge in [-0.15, -0.1) is 0 Å². The first kappa shape index (κ1) is 9.71. The number of hydrogen-bond donors (Lipinski definition) is 1. The lowest BCUT2D eigenvalue weighted by atomic mass is 10.3. The van der Waals surface area contributed by atoms with Crippen molar-refractivity contribution >= 4 is 5.95 Å². The summed E-state index contributed by atoms with van der Waals surface area (Å²) in [6, 6.07) is 3.84. The van der Waals surface area contributed by atoms with E-state index in [0.717, 1.165) is 24.3 Å². The molecule has 15 heavy (non-hydrogen) atoms. The molecule has 78 valence electrons. The van der Waals surface area contributed by atoms with Gasteiger partial charge in [0, 0.05) is 25.4 Å². The van der Waals surface area contributed by atoms with Crippen molar-refractivity contribution < 1.29 is 4.42 Å². The summed E-state index contributed by atoms with van der Waals surface area (Å²) in [6.07, 6.45) is 6.10. The fourth-order valence-corrected chi connectivity index (χ4v) is 1.24. The first-order chi connectivity index (χ1) is 7.34. The number of nitrogens with one attached hydrogen (secondary N) is 1. The minimum Gasteiger partial charge on any atom is -0.469 e. The highest BCUT2D eigenvalue weighted by Crippen LogP contribution is 2.02. The number of furan rings is 1. The number of hydrogen-bond acceptors (Lipinski definition) is 4. The van der Waals surface area contributed by atoms with Crippen LogP contribution in [0.1, 0.15) is 11.3 Å². The van der Waals surface area contributed by atoms with Gasteiger partial charge < -0.3 is 9.73 Å². The second-order valence-electron chi connectivity index (χ2n) is 3.34. The zero-order valence-electron chi connectivity index (χ0n) is 8.60. The molecule has 4 nitrogen and oxygen atoms in total. The van der Waals surface area contributed by atoms with Gasteiger partial charge >= 0.3 is 0 Å². The topological polar surface area (TPSA) is 51.0 Å². The SMILES string of the molecule is Cc1cnc(NCCc2ccco2)nc1. The first-order valence-corrected chi connectivity index (χ1v) is 4.89. The fourth-order valence-electron chi connectivity index (χ4n) is 1.24. The molecular weight excluding hydrogens is 190 g/mol. The lowest BCUT2D eigenvalue weighted by Crippen LogP contribution is -2.07. The van der Waals surface area contributed by atoms with E-state index >= 15 is 0 Å². The molecule has 0 aliphatic heterocycles. The Morgan fingerprint density at radius 1 is 1.33 bits per heavy atom. The average molecular weight is 203 g/mol. The summed E-state index contributed by atoms with van der Waals surface area (Å²) in [5.74, 6) is 1.63. The molecule has 2 aromatic heterocycles. The highest BCUT2D eigenvalue weighted by molar-refractivity contribution is 5.24. The second-order valence-corrected chi connectivity index (χ2v) is 3.34. The molecule has 0 fully saturated rings. The summed E-state index contributed by atoms with van der Waals surface area (Å²) in [6.45, 7) is 2.74. The minimum atomic E-state index is 0.659. The Labute approximate surface area is 88.4 Å². The quantitative estimate of drug-likeness (QED) is 0.826.